The van der Waals surface area contributed by atoms with Crippen LogP contribution in [-0.4, -0.2) is 54.4 Å². The summed E-state index contributed by atoms with van der Waals surface area (Å²) in [5.74, 6) is 0. The Morgan fingerprint density at radius 3 is 2.94 bits per heavy atom. The Labute approximate surface area is 108 Å². The number of rotatable bonds is 4. The van der Waals surface area contributed by atoms with Crippen molar-refractivity contribution in [1.29, 1.82) is 0 Å². The van der Waals surface area contributed by atoms with Gasteiger partial charge in [-0.25, -0.2) is 8.42 Å². The summed E-state index contributed by atoms with van der Waals surface area (Å²) in [6.45, 7) is 3.36. The minimum absolute atomic E-state index is 0.0661. The predicted molar refractivity (Wildman–Crippen MR) is 67.9 cm³/mol. The zero-order valence-corrected chi connectivity index (χ0v) is 11.4. The third kappa shape index (κ3) is 2.36. The van der Waals surface area contributed by atoms with Gasteiger partial charge in [0.1, 0.15) is 0 Å². The molecule has 1 aliphatic heterocycles. The van der Waals surface area contributed by atoms with Crippen LogP contribution < -0.4 is 4.31 Å². The van der Waals surface area contributed by atoms with Crippen LogP contribution in [0.2, 0.25) is 0 Å². The highest BCUT2D eigenvalue weighted by Crippen LogP contribution is 2.26. The highest BCUT2D eigenvalue weighted by atomic mass is 32.2. The third-order valence-electron chi connectivity index (χ3n) is 3.30. The summed E-state index contributed by atoms with van der Waals surface area (Å²) in [5.41, 5.74) is 1.45. The number of hydrogen-bond acceptors (Lipinski definition) is 5. The molecule has 0 aliphatic carbocycles. The van der Waals surface area contributed by atoms with Crippen LogP contribution in [0.3, 0.4) is 0 Å². The van der Waals surface area contributed by atoms with Crippen molar-refractivity contribution in [3.63, 3.8) is 0 Å². The van der Waals surface area contributed by atoms with Gasteiger partial charge in [-0.05, 0) is 14.0 Å². The molecular weight excluding hydrogens is 256 g/mol. The van der Waals surface area contributed by atoms with Crippen LogP contribution in [0.25, 0.3) is 0 Å². The molecule has 0 radical (unpaired) electrons. The molecule has 1 N–H and O–H groups in total. The minimum Gasteiger partial charge on any atom is -0.394 e. The lowest BCUT2D eigenvalue weighted by molar-refractivity contribution is 0.183. The number of thiol groups is 1. The van der Waals surface area contributed by atoms with Crippen molar-refractivity contribution in [1.82, 2.24) is 14.7 Å². The predicted octanol–water partition coefficient (Wildman–Crippen LogP) is -0.958. The minimum atomic E-state index is -2.76. The number of likely N-dealkylation sites (N-methyl/N-ethyl adjacent to an activating group) is 1. The molecule has 0 fully saturated rings. The molecule has 18 heavy (non-hydrogen) atoms. The van der Waals surface area contributed by atoms with E-state index in [2.05, 4.69) is 16.9 Å². The maximum Gasteiger partial charge on any atom is 0.225 e. The van der Waals surface area contributed by atoms with Crippen LogP contribution in [0.15, 0.2) is 6.20 Å². The van der Waals surface area contributed by atoms with Crippen molar-refractivity contribution < 1.29 is 13.5 Å². The summed E-state index contributed by atoms with van der Waals surface area (Å²) in [6.07, 6.45) is 1.56. The molecule has 0 saturated carbocycles. The summed E-state index contributed by atoms with van der Waals surface area (Å²) < 4.78 is 25.5. The van der Waals surface area contributed by atoms with Gasteiger partial charge in [-0.1, -0.05) is 0 Å². The van der Waals surface area contributed by atoms with Crippen LogP contribution >= 0.6 is 0 Å². The van der Waals surface area contributed by atoms with E-state index in [-0.39, 0.29) is 13.2 Å². The SMILES string of the molecule is C[C@H]1Cn2ncc(N(CCO)[SH](=O)=O)c2CN1C. The quantitative estimate of drug-likeness (QED) is 0.692. The van der Waals surface area contributed by atoms with Crippen molar-refractivity contribution >= 4 is 16.6 Å². The first-order valence-electron chi connectivity index (χ1n) is 5.82. The fourth-order valence-electron chi connectivity index (χ4n) is 2.10. The number of aromatic nitrogens is 2. The molecule has 2 rings (SSSR count). The van der Waals surface area contributed by atoms with Gasteiger partial charge in [-0.15, -0.1) is 0 Å². The van der Waals surface area contributed by atoms with Crippen molar-refractivity contribution in [2.75, 3.05) is 24.5 Å². The maximum absolute atomic E-state index is 11.2. The Balaban J connectivity index is 2.36. The average Bonchev–Trinajstić information content (AvgIpc) is 2.69. The smallest absolute Gasteiger partial charge is 0.225 e. The van der Waals surface area contributed by atoms with E-state index in [0.717, 1.165) is 12.2 Å². The van der Waals surface area contributed by atoms with Gasteiger partial charge in [0.05, 0.1) is 37.3 Å². The number of hydrogen-bond donors (Lipinski definition) is 2. The third-order valence-corrected chi connectivity index (χ3v) is 4.11. The highest BCUT2D eigenvalue weighted by Gasteiger charge is 2.26. The van der Waals surface area contributed by atoms with E-state index in [4.69, 9.17) is 5.11 Å². The van der Waals surface area contributed by atoms with Crippen LogP contribution in [-0.2, 0) is 24.0 Å². The molecule has 0 saturated heterocycles. The first-order valence-corrected chi connectivity index (χ1v) is 6.95. The second kappa shape index (κ2) is 5.25. The van der Waals surface area contributed by atoms with E-state index in [1.807, 2.05) is 11.7 Å². The molecule has 1 aromatic rings. The van der Waals surface area contributed by atoms with Crippen LogP contribution in [0, 0.1) is 0 Å². The van der Waals surface area contributed by atoms with Gasteiger partial charge in [0, 0.05) is 12.6 Å². The van der Waals surface area contributed by atoms with Gasteiger partial charge in [0.15, 0.2) is 0 Å². The first-order chi connectivity index (χ1) is 8.54. The Bertz CT molecular complexity index is 491. The van der Waals surface area contributed by atoms with Crippen LogP contribution in [0.4, 0.5) is 5.69 Å². The molecule has 0 aromatic carbocycles. The van der Waals surface area contributed by atoms with Crippen molar-refractivity contribution in [3.05, 3.63) is 11.9 Å². The van der Waals surface area contributed by atoms with Gasteiger partial charge in [-0.3, -0.25) is 13.9 Å². The lowest BCUT2D eigenvalue weighted by Gasteiger charge is -2.31. The molecule has 8 heteroatoms. The number of fused-ring (bicyclic) bond motifs is 1. The zero-order valence-electron chi connectivity index (χ0n) is 10.5. The van der Waals surface area contributed by atoms with Crippen molar-refractivity contribution in [3.8, 4) is 0 Å². The fourth-order valence-corrected chi connectivity index (χ4v) is 2.70. The Hall–Kier alpha value is -1.12. The molecule has 0 spiro atoms. The fraction of sp³-hybridized carbons (Fsp3) is 0.700. The molecule has 1 aromatic heterocycles. The Morgan fingerprint density at radius 1 is 1.61 bits per heavy atom. The van der Waals surface area contributed by atoms with Gasteiger partial charge >= 0.3 is 0 Å². The van der Waals surface area contributed by atoms with E-state index in [0.29, 0.717) is 18.3 Å². The monoisotopic (exact) mass is 274 g/mol. The van der Waals surface area contributed by atoms with Crippen LogP contribution in [0.1, 0.15) is 12.6 Å². The van der Waals surface area contributed by atoms with E-state index >= 15 is 0 Å². The van der Waals surface area contributed by atoms with Crippen molar-refractivity contribution in [2.45, 2.75) is 26.1 Å². The van der Waals surface area contributed by atoms with E-state index in [1.165, 1.54) is 4.31 Å². The molecule has 0 bridgehead atoms. The Kier molecular flexibility index (Phi) is 3.88. The van der Waals surface area contributed by atoms with E-state index in [9.17, 15) is 8.42 Å². The summed E-state index contributed by atoms with van der Waals surface area (Å²) >= 11 is 0. The number of anilines is 1. The maximum atomic E-state index is 11.2. The lowest BCUT2D eigenvalue weighted by Crippen LogP contribution is -2.39. The second-order valence-electron chi connectivity index (χ2n) is 4.51. The van der Waals surface area contributed by atoms with Crippen LogP contribution in [0.5, 0.6) is 0 Å². The molecule has 7 nitrogen and oxygen atoms in total. The number of nitrogens with zero attached hydrogens (tertiary/aromatic N) is 4. The lowest BCUT2D eigenvalue weighted by atomic mass is 10.2. The van der Waals surface area contributed by atoms with E-state index in [1.54, 1.807) is 6.20 Å². The summed E-state index contributed by atoms with van der Waals surface area (Å²) in [7, 11) is -0.761. The Morgan fingerprint density at radius 2 is 2.33 bits per heavy atom. The van der Waals surface area contributed by atoms with Crippen molar-refractivity contribution in [2.24, 2.45) is 0 Å². The normalized spacial score (nSPS) is 20.1. The number of aliphatic hydroxyl groups excluding tert-OH is 1. The second-order valence-corrected chi connectivity index (χ2v) is 5.47. The largest absolute Gasteiger partial charge is 0.394 e. The summed E-state index contributed by atoms with van der Waals surface area (Å²) in [6, 6.07) is 0.373. The summed E-state index contributed by atoms with van der Waals surface area (Å²) in [4.78, 5) is 2.15. The molecule has 2 heterocycles. The topological polar surface area (TPSA) is 78.7 Å². The molecule has 0 unspecified atom stereocenters. The van der Waals surface area contributed by atoms with Gasteiger partial charge in [-0.2, -0.15) is 5.10 Å². The van der Waals surface area contributed by atoms with Gasteiger partial charge in [0.2, 0.25) is 10.9 Å². The highest BCUT2D eigenvalue weighted by molar-refractivity contribution is 7.74. The molecular formula is C10H18N4O3S. The zero-order chi connectivity index (χ0) is 13.3. The van der Waals surface area contributed by atoms with Gasteiger partial charge < -0.3 is 5.11 Å². The molecule has 1 aliphatic rings. The van der Waals surface area contributed by atoms with Gasteiger partial charge in [0.25, 0.3) is 0 Å². The average molecular weight is 274 g/mol. The molecule has 102 valence electrons. The summed E-state index contributed by atoms with van der Waals surface area (Å²) in [5, 5.41) is 13.2. The van der Waals surface area contributed by atoms with E-state index < -0.39 is 10.9 Å². The standard InChI is InChI=1S/C10H18N4O3S/c1-8-6-13-10(7-12(8)2)9(5-11-13)14(3-4-15)18(16)17/h5,8,15,18H,3-4,6-7H2,1-2H3/t8-/m0/s1. The molecule has 0 amide bonds. The molecule has 1 atom stereocenters. The number of aliphatic hydroxyl groups is 1. The first kappa shape index (κ1) is 13.3.